The first-order chi connectivity index (χ1) is 16.2. The van der Waals surface area contributed by atoms with Gasteiger partial charge in [0.25, 0.3) is 0 Å². The Bertz CT molecular complexity index is 1320. The fourth-order valence-electron chi connectivity index (χ4n) is 3.17. The average molecular weight is 519 g/mol. The molecule has 0 saturated carbocycles. The van der Waals surface area contributed by atoms with Gasteiger partial charge >= 0.3 is 6.18 Å². The van der Waals surface area contributed by atoms with Gasteiger partial charge in [0.15, 0.2) is 5.11 Å². The van der Waals surface area contributed by atoms with Crippen molar-refractivity contribution in [2.45, 2.75) is 6.18 Å². The van der Waals surface area contributed by atoms with Gasteiger partial charge in [0, 0.05) is 22.5 Å². The molecule has 2 heterocycles. The Morgan fingerprint density at radius 3 is 1.94 bits per heavy atom. The summed E-state index contributed by atoms with van der Waals surface area (Å²) in [5.74, 6) is 0. The Morgan fingerprint density at radius 1 is 0.706 bits per heavy atom. The molecule has 2 aromatic carbocycles. The second-order valence-electron chi connectivity index (χ2n) is 7.14. The number of anilines is 2. The lowest BCUT2D eigenvalue weighted by molar-refractivity contribution is -0.137. The van der Waals surface area contributed by atoms with Gasteiger partial charge in [-0.05, 0) is 60.7 Å². The van der Waals surface area contributed by atoms with E-state index < -0.39 is 11.7 Å². The third-order valence-corrected chi connectivity index (χ3v) is 5.29. The summed E-state index contributed by atoms with van der Waals surface area (Å²) < 4.78 is 39.2. The lowest BCUT2D eigenvalue weighted by Crippen LogP contribution is -2.19. The van der Waals surface area contributed by atoms with Gasteiger partial charge in [-0.2, -0.15) is 13.2 Å². The second-order valence-corrected chi connectivity index (χ2v) is 8.33. The van der Waals surface area contributed by atoms with Crippen molar-refractivity contribution in [3.8, 4) is 22.5 Å². The minimum absolute atomic E-state index is 0.238. The van der Waals surface area contributed by atoms with E-state index in [4.69, 9.17) is 35.4 Å². The Labute approximate surface area is 208 Å². The molecule has 2 N–H and O–H groups in total. The molecule has 0 radical (unpaired) electrons. The summed E-state index contributed by atoms with van der Waals surface area (Å²) in [4.78, 5) is 8.42. The summed E-state index contributed by atoms with van der Waals surface area (Å²) in [6.45, 7) is 0. The normalized spacial score (nSPS) is 11.2. The van der Waals surface area contributed by atoms with Crippen LogP contribution in [0.5, 0.6) is 0 Å². The molecule has 0 unspecified atom stereocenters. The maximum Gasteiger partial charge on any atom is 0.416 e. The van der Waals surface area contributed by atoms with Crippen molar-refractivity contribution in [2.24, 2.45) is 0 Å². The number of aromatic nitrogens is 2. The molecule has 0 aliphatic rings. The summed E-state index contributed by atoms with van der Waals surface area (Å²) in [6.07, 6.45) is -4.41. The van der Waals surface area contributed by atoms with Crippen LogP contribution in [-0.2, 0) is 6.18 Å². The highest BCUT2D eigenvalue weighted by molar-refractivity contribution is 7.80. The Balaban J connectivity index is 1.48. The van der Waals surface area contributed by atoms with E-state index in [1.54, 1.807) is 36.4 Å². The molecule has 0 fully saturated rings. The number of alkyl halides is 3. The predicted octanol–water partition coefficient (Wildman–Crippen LogP) is 7.95. The fraction of sp³-hybridized carbons (Fsp3) is 0.0417. The summed E-state index contributed by atoms with van der Waals surface area (Å²) in [7, 11) is 0. The van der Waals surface area contributed by atoms with Crippen molar-refractivity contribution < 1.29 is 13.2 Å². The van der Waals surface area contributed by atoms with Crippen molar-refractivity contribution in [1.29, 1.82) is 0 Å². The summed E-state index contributed by atoms with van der Waals surface area (Å²) in [5, 5.41) is 6.84. The molecule has 4 aromatic rings. The topological polar surface area (TPSA) is 49.8 Å². The van der Waals surface area contributed by atoms with E-state index in [2.05, 4.69) is 20.6 Å². The van der Waals surface area contributed by atoms with E-state index in [0.29, 0.717) is 27.8 Å². The lowest BCUT2D eigenvalue weighted by Gasteiger charge is -2.12. The van der Waals surface area contributed by atoms with E-state index in [9.17, 15) is 13.2 Å². The minimum Gasteiger partial charge on any atom is -0.332 e. The molecule has 4 rings (SSSR count). The Hall–Kier alpha value is -3.20. The Morgan fingerprint density at radius 2 is 1.29 bits per heavy atom. The van der Waals surface area contributed by atoms with E-state index in [-0.39, 0.29) is 10.3 Å². The predicted molar refractivity (Wildman–Crippen MR) is 134 cm³/mol. The SMILES string of the molecule is FC(F)(F)c1cccc(-c2cccc(-c3ccc(NC(=S)Nc4cc(Cl)nc(Cl)c4)cc3)n2)c1. The molecule has 0 aliphatic carbocycles. The van der Waals surface area contributed by atoms with Crippen LogP contribution >= 0.6 is 35.4 Å². The van der Waals surface area contributed by atoms with Crippen LogP contribution in [-0.4, -0.2) is 15.1 Å². The number of nitrogens with zero attached hydrogens (tertiary/aromatic N) is 2. The molecule has 34 heavy (non-hydrogen) atoms. The third-order valence-electron chi connectivity index (χ3n) is 4.69. The molecular weight excluding hydrogens is 504 g/mol. The number of halogens is 5. The van der Waals surface area contributed by atoms with Gasteiger partial charge < -0.3 is 10.6 Å². The van der Waals surface area contributed by atoms with Crippen molar-refractivity contribution in [1.82, 2.24) is 9.97 Å². The van der Waals surface area contributed by atoms with Crippen LogP contribution in [0.3, 0.4) is 0 Å². The first-order valence-corrected chi connectivity index (χ1v) is 11.0. The molecule has 0 amide bonds. The molecule has 10 heteroatoms. The number of nitrogens with one attached hydrogen (secondary N) is 2. The molecular formula is C24H15Cl2F3N4S. The zero-order valence-corrected chi connectivity index (χ0v) is 19.5. The van der Waals surface area contributed by atoms with Crippen LogP contribution in [0, 0.1) is 0 Å². The van der Waals surface area contributed by atoms with Gasteiger partial charge in [0.1, 0.15) is 10.3 Å². The van der Waals surface area contributed by atoms with E-state index >= 15 is 0 Å². The fourth-order valence-corrected chi connectivity index (χ4v) is 3.86. The second kappa shape index (κ2) is 9.97. The molecule has 0 atom stereocenters. The standard InChI is InChI=1S/C24H15Cl2F3N4S/c25-21-12-18(13-22(26)33-21)31-23(34)30-17-9-7-14(8-10-17)19-5-2-6-20(32-19)15-3-1-4-16(11-15)24(27,28)29/h1-13H,(H2,30,31,33,34). The van der Waals surface area contributed by atoms with Crippen LogP contribution in [0.15, 0.2) is 78.9 Å². The van der Waals surface area contributed by atoms with Crippen molar-refractivity contribution in [2.75, 3.05) is 10.6 Å². The average Bonchev–Trinajstić information content (AvgIpc) is 2.78. The zero-order chi connectivity index (χ0) is 24.3. The number of pyridine rings is 2. The first kappa shape index (κ1) is 23.9. The molecule has 0 spiro atoms. The maximum atomic E-state index is 13.1. The van der Waals surface area contributed by atoms with E-state index in [1.165, 1.54) is 6.07 Å². The maximum absolute atomic E-state index is 13.1. The van der Waals surface area contributed by atoms with Crippen LogP contribution in [0.2, 0.25) is 10.3 Å². The summed E-state index contributed by atoms with van der Waals surface area (Å²) >= 11 is 17.1. The van der Waals surface area contributed by atoms with Crippen LogP contribution in [0.25, 0.3) is 22.5 Å². The number of hydrogen-bond donors (Lipinski definition) is 2. The number of thiocarbonyl (C=S) groups is 1. The molecule has 0 saturated heterocycles. The number of benzene rings is 2. The molecule has 172 valence electrons. The van der Waals surface area contributed by atoms with Crippen LogP contribution in [0.1, 0.15) is 5.56 Å². The van der Waals surface area contributed by atoms with Gasteiger partial charge in [0.2, 0.25) is 0 Å². The van der Waals surface area contributed by atoms with Gasteiger partial charge in [0.05, 0.1) is 17.0 Å². The summed E-state index contributed by atoms with van der Waals surface area (Å²) in [6, 6.07) is 20.8. The van der Waals surface area contributed by atoms with Crippen LogP contribution in [0.4, 0.5) is 24.5 Å². The van der Waals surface area contributed by atoms with Gasteiger partial charge in [-0.15, -0.1) is 0 Å². The van der Waals surface area contributed by atoms with Gasteiger partial charge in [-0.3, -0.25) is 0 Å². The molecule has 2 aromatic heterocycles. The van der Waals surface area contributed by atoms with Crippen LogP contribution < -0.4 is 10.6 Å². The highest BCUT2D eigenvalue weighted by Crippen LogP contribution is 2.32. The van der Waals surface area contributed by atoms with Gasteiger partial charge in [-0.1, -0.05) is 53.5 Å². The smallest absolute Gasteiger partial charge is 0.332 e. The van der Waals surface area contributed by atoms with Gasteiger partial charge in [-0.25, -0.2) is 9.97 Å². The summed E-state index contributed by atoms with van der Waals surface area (Å²) in [5.41, 5.74) is 2.87. The lowest BCUT2D eigenvalue weighted by atomic mass is 10.1. The molecule has 4 nitrogen and oxygen atoms in total. The van der Waals surface area contributed by atoms with E-state index in [1.807, 2.05) is 24.3 Å². The monoisotopic (exact) mass is 518 g/mol. The Kier molecular flexibility index (Phi) is 7.02. The molecule has 0 bridgehead atoms. The molecule has 0 aliphatic heterocycles. The minimum atomic E-state index is -4.41. The highest BCUT2D eigenvalue weighted by Gasteiger charge is 2.30. The third kappa shape index (κ3) is 6.02. The number of rotatable bonds is 4. The zero-order valence-electron chi connectivity index (χ0n) is 17.2. The first-order valence-electron chi connectivity index (χ1n) is 9.83. The highest BCUT2D eigenvalue weighted by atomic mass is 35.5. The quantitative estimate of drug-likeness (QED) is 0.212. The van der Waals surface area contributed by atoms with Crippen molar-refractivity contribution in [3.05, 3.63) is 94.7 Å². The van der Waals surface area contributed by atoms with Crippen molar-refractivity contribution >= 4 is 51.9 Å². The van der Waals surface area contributed by atoms with E-state index in [0.717, 1.165) is 23.4 Å². The van der Waals surface area contributed by atoms with Crippen molar-refractivity contribution in [3.63, 3.8) is 0 Å². The number of hydrogen-bond acceptors (Lipinski definition) is 3. The largest absolute Gasteiger partial charge is 0.416 e.